The number of ether oxygens (including phenoxy) is 2. The molecule has 2 nitrogen and oxygen atoms in total. The fraction of sp³-hybridized carbons (Fsp3) is 0.571. The van der Waals surface area contributed by atoms with Crippen molar-refractivity contribution in [3.05, 3.63) is 23.3 Å². The van der Waals surface area contributed by atoms with Crippen molar-refractivity contribution >= 4 is 0 Å². The molecule has 0 saturated carbocycles. The van der Waals surface area contributed by atoms with Gasteiger partial charge in [-0.1, -0.05) is 13.8 Å². The molecule has 2 unspecified atom stereocenters. The van der Waals surface area contributed by atoms with Crippen LogP contribution in [-0.2, 0) is 12.8 Å². The van der Waals surface area contributed by atoms with Crippen molar-refractivity contribution in [1.82, 2.24) is 0 Å². The van der Waals surface area contributed by atoms with Crippen molar-refractivity contribution in [3.8, 4) is 11.5 Å². The maximum atomic E-state index is 5.95. The summed E-state index contributed by atoms with van der Waals surface area (Å²) in [6.45, 7) is 6.54. The summed E-state index contributed by atoms with van der Waals surface area (Å²) in [5.41, 5.74) is 2.70. The van der Waals surface area contributed by atoms with Gasteiger partial charge in [-0.3, -0.25) is 0 Å². The summed E-state index contributed by atoms with van der Waals surface area (Å²) in [6, 6.07) is 4.35. The molecule has 0 fully saturated rings. The summed E-state index contributed by atoms with van der Waals surface area (Å²) in [4.78, 5) is 0. The quantitative estimate of drug-likeness (QED) is 0.721. The Morgan fingerprint density at radius 2 is 1.75 bits per heavy atom. The van der Waals surface area contributed by atoms with Crippen molar-refractivity contribution < 1.29 is 9.47 Å². The largest absolute Gasteiger partial charge is 0.490 e. The molecule has 0 aromatic heterocycles. The first-order chi connectivity index (χ1) is 7.63. The summed E-state index contributed by atoms with van der Waals surface area (Å²) in [5.74, 6) is 2.63. The highest BCUT2D eigenvalue weighted by Gasteiger charge is 2.29. The zero-order valence-corrected chi connectivity index (χ0v) is 10.1. The van der Waals surface area contributed by atoms with E-state index in [-0.39, 0.29) is 0 Å². The van der Waals surface area contributed by atoms with Crippen molar-refractivity contribution in [2.24, 2.45) is 5.92 Å². The molecule has 1 aromatic carbocycles. The topological polar surface area (TPSA) is 18.5 Å². The van der Waals surface area contributed by atoms with Crippen LogP contribution in [-0.4, -0.2) is 12.2 Å². The second kappa shape index (κ2) is 3.41. The van der Waals surface area contributed by atoms with Crippen LogP contribution in [0.1, 0.15) is 31.9 Å². The predicted octanol–water partition coefficient (Wildman–Crippen LogP) is 2.97. The SMILES string of the molecule is CC1Cc2cc3c(cc2O1)OC(C(C)C)C3. The highest BCUT2D eigenvalue weighted by molar-refractivity contribution is 5.50. The van der Waals surface area contributed by atoms with E-state index < -0.39 is 0 Å². The van der Waals surface area contributed by atoms with Gasteiger partial charge in [0.25, 0.3) is 0 Å². The Morgan fingerprint density at radius 1 is 1.06 bits per heavy atom. The van der Waals surface area contributed by atoms with Gasteiger partial charge in [-0.15, -0.1) is 0 Å². The summed E-state index contributed by atoms with van der Waals surface area (Å²) < 4.78 is 11.7. The predicted molar refractivity (Wildman–Crippen MR) is 63.2 cm³/mol. The number of fused-ring (bicyclic) bond motifs is 2. The Morgan fingerprint density at radius 3 is 2.50 bits per heavy atom. The second-order valence-corrected chi connectivity index (χ2v) is 5.30. The standard InChI is InChI=1S/C14H18O2/c1-8(2)12-6-11-5-10-4-9(3)15-13(10)7-14(11)16-12/h5,7-9,12H,4,6H2,1-3H3. The fourth-order valence-corrected chi connectivity index (χ4v) is 2.56. The van der Waals surface area contributed by atoms with Crippen LogP contribution >= 0.6 is 0 Å². The molecule has 2 heteroatoms. The van der Waals surface area contributed by atoms with E-state index in [1.165, 1.54) is 11.1 Å². The first-order valence-electron chi connectivity index (χ1n) is 6.12. The lowest BCUT2D eigenvalue weighted by Gasteiger charge is -2.13. The van der Waals surface area contributed by atoms with E-state index in [0.717, 1.165) is 24.3 Å². The summed E-state index contributed by atoms with van der Waals surface area (Å²) in [6.07, 6.45) is 2.75. The maximum absolute atomic E-state index is 5.95. The van der Waals surface area contributed by atoms with Crippen LogP contribution in [0.15, 0.2) is 12.1 Å². The Balaban J connectivity index is 1.92. The summed E-state index contributed by atoms with van der Waals surface area (Å²) in [7, 11) is 0. The molecule has 0 saturated heterocycles. The van der Waals surface area contributed by atoms with Gasteiger partial charge >= 0.3 is 0 Å². The van der Waals surface area contributed by atoms with Crippen LogP contribution in [0.5, 0.6) is 11.5 Å². The minimum Gasteiger partial charge on any atom is -0.490 e. The summed E-state index contributed by atoms with van der Waals surface area (Å²) in [5, 5.41) is 0. The van der Waals surface area contributed by atoms with Gasteiger partial charge in [-0.2, -0.15) is 0 Å². The Bertz CT molecular complexity index is 388. The molecular formula is C14H18O2. The van der Waals surface area contributed by atoms with Gasteiger partial charge in [0.2, 0.25) is 0 Å². The molecule has 2 atom stereocenters. The molecule has 3 rings (SSSR count). The van der Waals surface area contributed by atoms with Crippen LogP contribution in [0.25, 0.3) is 0 Å². The maximum Gasteiger partial charge on any atom is 0.126 e. The fourth-order valence-electron chi connectivity index (χ4n) is 2.56. The van der Waals surface area contributed by atoms with Gasteiger partial charge in [0, 0.05) is 18.9 Å². The third kappa shape index (κ3) is 1.48. The minimum atomic E-state index is 0.318. The van der Waals surface area contributed by atoms with Gasteiger partial charge in [-0.25, -0.2) is 0 Å². The molecule has 86 valence electrons. The average Bonchev–Trinajstić information content (AvgIpc) is 2.74. The lowest BCUT2D eigenvalue weighted by molar-refractivity contribution is 0.178. The molecule has 1 aromatic rings. The molecule has 0 bridgehead atoms. The highest BCUT2D eigenvalue weighted by atomic mass is 16.5. The molecular weight excluding hydrogens is 200 g/mol. The number of hydrogen-bond donors (Lipinski definition) is 0. The zero-order chi connectivity index (χ0) is 11.3. The normalized spacial score (nSPS) is 26.2. The van der Waals surface area contributed by atoms with Gasteiger partial charge in [0.05, 0.1) is 0 Å². The monoisotopic (exact) mass is 218 g/mol. The number of rotatable bonds is 1. The van der Waals surface area contributed by atoms with E-state index in [1.807, 2.05) is 0 Å². The lowest BCUT2D eigenvalue weighted by atomic mass is 9.99. The van der Waals surface area contributed by atoms with Gasteiger partial charge < -0.3 is 9.47 Å². The van der Waals surface area contributed by atoms with Crippen LogP contribution in [0.2, 0.25) is 0 Å². The lowest BCUT2D eigenvalue weighted by Crippen LogP contribution is -2.19. The van der Waals surface area contributed by atoms with E-state index in [2.05, 4.69) is 32.9 Å². The average molecular weight is 218 g/mol. The molecule has 0 aliphatic carbocycles. The molecule has 16 heavy (non-hydrogen) atoms. The molecule has 0 radical (unpaired) electrons. The van der Waals surface area contributed by atoms with E-state index >= 15 is 0 Å². The Kier molecular flexibility index (Phi) is 2.13. The number of benzene rings is 1. The van der Waals surface area contributed by atoms with Crippen molar-refractivity contribution in [3.63, 3.8) is 0 Å². The van der Waals surface area contributed by atoms with E-state index in [4.69, 9.17) is 9.47 Å². The Hall–Kier alpha value is -1.18. The molecule has 2 aliphatic rings. The zero-order valence-electron chi connectivity index (χ0n) is 10.1. The summed E-state index contributed by atoms with van der Waals surface area (Å²) >= 11 is 0. The van der Waals surface area contributed by atoms with Crippen LogP contribution < -0.4 is 9.47 Å². The second-order valence-electron chi connectivity index (χ2n) is 5.30. The van der Waals surface area contributed by atoms with Gasteiger partial charge in [0.1, 0.15) is 23.7 Å². The van der Waals surface area contributed by atoms with E-state index in [0.29, 0.717) is 18.1 Å². The Labute approximate surface area is 96.6 Å². The van der Waals surface area contributed by atoms with Crippen molar-refractivity contribution in [2.75, 3.05) is 0 Å². The van der Waals surface area contributed by atoms with Gasteiger partial charge in [0.15, 0.2) is 0 Å². The minimum absolute atomic E-state index is 0.318. The van der Waals surface area contributed by atoms with E-state index in [9.17, 15) is 0 Å². The number of hydrogen-bond acceptors (Lipinski definition) is 2. The van der Waals surface area contributed by atoms with Gasteiger partial charge in [-0.05, 0) is 30.0 Å². The molecule has 2 aliphatic heterocycles. The van der Waals surface area contributed by atoms with Crippen LogP contribution in [0, 0.1) is 5.92 Å². The third-order valence-corrected chi connectivity index (χ3v) is 3.52. The van der Waals surface area contributed by atoms with Crippen molar-refractivity contribution in [2.45, 2.75) is 45.8 Å². The smallest absolute Gasteiger partial charge is 0.126 e. The van der Waals surface area contributed by atoms with E-state index in [1.54, 1.807) is 0 Å². The first-order valence-corrected chi connectivity index (χ1v) is 6.12. The van der Waals surface area contributed by atoms with Crippen molar-refractivity contribution in [1.29, 1.82) is 0 Å². The molecule has 0 amide bonds. The van der Waals surface area contributed by atoms with Crippen LogP contribution in [0.4, 0.5) is 0 Å². The molecule has 0 N–H and O–H groups in total. The third-order valence-electron chi connectivity index (χ3n) is 3.52. The van der Waals surface area contributed by atoms with Crippen LogP contribution in [0.3, 0.4) is 0 Å². The first kappa shape index (κ1) is 10.0. The highest BCUT2D eigenvalue weighted by Crippen LogP contribution is 2.40. The molecule has 0 spiro atoms. The molecule has 2 heterocycles.